The molecule has 0 fully saturated rings. The first-order chi connectivity index (χ1) is 10.1. The van der Waals surface area contributed by atoms with Crippen molar-refractivity contribution in [2.45, 2.75) is 19.4 Å². The van der Waals surface area contributed by atoms with Gasteiger partial charge in [0.1, 0.15) is 5.75 Å². The normalized spacial score (nSPS) is 11.9. The number of nitro groups is 1. The van der Waals surface area contributed by atoms with Crippen molar-refractivity contribution in [2.75, 3.05) is 6.61 Å². The molecule has 0 spiro atoms. The quantitative estimate of drug-likeness (QED) is 0.652. The first-order valence-electron chi connectivity index (χ1n) is 6.57. The van der Waals surface area contributed by atoms with E-state index in [1.807, 2.05) is 18.2 Å². The number of ether oxygens (including phenoxy) is 1. The highest BCUT2D eigenvalue weighted by Crippen LogP contribution is 2.29. The first kappa shape index (κ1) is 14.9. The Balaban J connectivity index is 2.07. The van der Waals surface area contributed by atoms with E-state index in [2.05, 4.69) is 4.98 Å². The van der Waals surface area contributed by atoms with Crippen LogP contribution in [0.3, 0.4) is 0 Å². The number of hydrogen-bond acceptors (Lipinski definition) is 5. The van der Waals surface area contributed by atoms with E-state index in [1.54, 1.807) is 13.1 Å². The van der Waals surface area contributed by atoms with Crippen LogP contribution in [0.2, 0.25) is 0 Å². The second kappa shape index (κ2) is 6.81. The van der Waals surface area contributed by atoms with Gasteiger partial charge in [0.2, 0.25) is 0 Å². The average Bonchev–Trinajstić information content (AvgIpc) is 2.48. The Morgan fingerprint density at radius 3 is 2.81 bits per heavy atom. The lowest BCUT2D eigenvalue weighted by atomic mass is 10.1. The van der Waals surface area contributed by atoms with E-state index >= 15 is 0 Å². The van der Waals surface area contributed by atoms with E-state index in [1.165, 1.54) is 18.2 Å². The molecule has 0 saturated heterocycles. The minimum absolute atomic E-state index is 0.0667. The molecule has 1 heterocycles. The molecule has 1 aromatic heterocycles. The smallest absolute Gasteiger partial charge is 0.270 e. The van der Waals surface area contributed by atoms with Crippen LogP contribution in [0.15, 0.2) is 42.6 Å². The summed E-state index contributed by atoms with van der Waals surface area (Å²) in [6.07, 6.45) is 1.49. The van der Waals surface area contributed by atoms with Gasteiger partial charge in [0, 0.05) is 36.0 Å². The van der Waals surface area contributed by atoms with E-state index < -0.39 is 11.0 Å². The van der Waals surface area contributed by atoms with E-state index in [-0.39, 0.29) is 5.69 Å². The van der Waals surface area contributed by atoms with Gasteiger partial charge in [-0.1, -0.05) is 6.07 Å². The second-order valence-electron chi connectivity index (χ2n) is 4.57. The largest absolute Gasteiger partial charge is 0.493 e. The molecule has 21 heavy (non-hydrogen) atoms. The Hall–Kier alpha value is -2.47. The molecule has 2 aromatic rings. The summed E-state index contributed by atoms with van der Waals surface area (Å²) in [6, 6.07) is 9.85. The minimum Gasteiger partial charge on any atom is -0.493 e. The van der Waals surface area contributed by atoms with Gasteiger partial charge in [-0.25, -0.2) is 0 Å². The molecule has 110 valence electrons. The van der Waals surface area contributed by atoms with Gasteiger partial charge >= 0.3 is 0 Å². The van der Waals surface area contributed by atoms with Crippen molar-refractivity contribution in [1.82, 2.24) is 4.98 Å². The van der Waals surface area contributed by atoms with Gasteiger partial charge in [-0.3, -0.25) is 15.1 Å². The van der Waals surface area contributed by atoms with Crippen LogP contribution < -0.4 is 4.74 Å². The predicted octanol–water partition coefficient (Wildman–Crippen LogP) is 2.66. The SMILES string of the molecule is C[C@H](O)c1cc([N+](=O)[O-])ccc1OCCc1ccccn1. The Labute approximate surface area is 122 Å². The van der Waals surface area contributed by atoms with E-state index in [4.69, 9.17) is 4.74 Å². The number of non-ortho nitro benzene ring substituents is 1. The number of aromatic nitrogens is 1. The van der Waals surface area contributed by atoms with Gasteiger partial charge in [0.05, 0.1) is 17.6 Å². The standard InChI is InChI=1S/C15H16N2O4/c1-11(18)14-10-13(17(19)20)5-6-15(14)21-9-7-12-4-2-3-8-16-12/h2-6,8,10-11,18H,7,9H2,1H3/t11-/m0/s1. The number of aliphatic hydroxyl groups excluding tert-OH is 1. The zero-order chi connectivity index (χ0) is 15.2. The molecular weight excluding hydrogens is 272 g/mol. The summed E-state index contributed by atoms with van der Waals surface area (Å²) < 4.78 is 5.61. The lowest BCUT2D eigenvalue weighted by molar-refractivity contribution is -0.385. The van der Waals surface area contributed by atoms with Crippen molar-refractivity contribution in [3.8, 4) is 5.75 Å². The highest BCUT2D eigenvalue weighted by molar-refractivity contribution is 5.44. The molecule has 1 N–H and O–H groups in total. The summed E-state index contributed by atoms with van der Waals surface area (Å²) in [7, 11) is 0. The number of nitrogens with zero attached hydrogens (tertiary/aromatic N) is 2. The van der Waals surface area contributed by atoms with Crippen LogP contribution in [0, 0.1) is 10.1 Å². The zero-order valence-corrected chi connectivity index (χ0v) is 11.6. The number of benzene rings is 1. The molecule has 6 nitrogen and oxygen atoms in total. The summed E-state index contributed by atoms with van der Waals surface area (Å²) in [5.74, 6) is 0.450. The summed E-state index contributed by atoms with van der Waals surface area (Å²) >= 11 is 0. The van der Waals surface area contributed by atoms with Crippen molar-refractivity contribution in [1.29, 1.82) is 0 Å². The summed E-state index contributed by atoms with van der Waals surface area (Å²) in [4.78, 5) is 14.5. The van der Waals surface area contributed by atoms with Gasteiger partial charge < -0.3 is 9.84 Å². The molecule has 6 heteroatoms. The summed E-state index contributed by atoms with van der Waals surface area (Å²) in [5, 5.41) is 20.5. The average molecular weight is 288 g/mol. The third-order valence-corrected chi connectivity index (χ3v) is 3.00. The third-order valence-electron chi connectivity index (χ3n) is 3.00. The van der Waals surface area contributed by atoms with Gasteiger partial charge in [-0.05, 0) is 25.1 Å². The topological polar surface area (TPSA) is 85.5 Å². The lowest BCUT2D eigenvalue weighted by Gasteiger charge is -2.13. The third kappa shape index (κ3) is 4.00. The van der Waals surface area contributed by atoms with Gasteiger partial charge in [0.15, 0.2) is 0 Å². The molecule has 1 atom stereocenters. The fourth-order valence-corrected chi connectivity index (χ4v) is 1.92. The van der Waals surface area contributed by atoms with E-state index in [9.17, 15) is 15.2 Å². The maximum Gasteiger partial charge on any atom is 0.270 e. The van der Waals surface area contributed by atoms with Crippen LogP contribution >= 0.6 is 0 Å². The molecule has 0 bridgehead atoms. The Bertz CT molecular complexity index is 614. The second-order valence-corrected chi connectivity index (χ2v) is 4.57. The van der Waals surface area contributed by atoms with Crippen molar-refractivity contribution < 1.29 is 14.8 Å². The number of nitro benzene ring substituents is 1. The van der Waals surface area contributed by atoms with Crippen LogP contribution in [-0.4, -0.2) is 21.6 Å². The van der Waals surface area contributed by atoms with Gasteiger partial charge in [-0.15, -0.1) is 0 Å². The molecule has 1 aromatic carbocycles. The van der Waals surface area contributed by atoms with E-state index in [0.717, 1.165) is 5.69 Å². The fraction of sp³-hybridized carbons (Fsp3) is 0.267. The van der Waals surface area contributed by atoms with Gasteiger partial charge in [-0.2, -0.15) is 0 Å². The van der Waals surface area contributed by atoms with Crippen molar-refractivity contribution >= 4 is 5.69 Å². The van der Waals surface area contributed by atoms with Crippen LogP contribution in [0.4, 0.5) is 5.69 Å². The zero-order valence-electron chi connectivity index (χ0n) is 11.6. The maximum absolute atomic E-state index is 10.8. The molecule has 2 rings (SSSR count). The molecule has 0 radical (unpaired) electrons. The minimum atomic E-state index is -0.838. The van der Waals surface area contributed by atoms with Crippen LogP contribution in [0.1, 0.15) is 24.3 Å². The molecule has 0 unspecified atom stereocenters. The Morgan fingerprint density at radius 2 is 2.19 bits per heavy atom. The predicted molar refractivity (Wildman–Crippen MR) is 77.2 cm³/mol. The van der Waals surface area contributed by atoms with Crippen molar-refractivity contribution in [3.05, 3.63) is 64.0 Å². The van der Waals surface area contributed by atoms with Crippen LogP contribution in [0.5, 0.6) is 5.75 Å². The van der Waals surface area contributed by atoms with Crippen LogP contribution in [0.25, 0.3) is 0 Å². The number of pyridine rings is 1. The lowest BCUT2D eigenvalue weighted by Crippen LogP contribution is -2.06. The fourth-order valence-electron chi connectivity index (χ4n) is 1.92. The number of aliphatic hydroxyl groups is 1. The molecule has 0 amide bonds. The molecule has 0 aliphatic rings. The first-order valence-corrected chi connectivity index (χ1v) is 6.57. The van der Waals surface area contributed by atoms with Crippen molar-refractivity contribution in [3.63, 3.8) is 0 Å². The monoisotopic (exact) mass is 288 g/mol. The Morgan fingerprint density at radius 1 is 1.38 bits per heavy atom. The van der Waals surface area contributed by atoms with Crippen LogP contribution in [-0.2, 0) is 6.42 Å². The van der Waals surface area contributed by atoms with Crippen molar-refractivity contribution in [2.24, 2.45) is 0 Å². The molecular formula is C15H16N2O4. The number of rotatable bonds is 6. The number of hydrogen-bond donors (Lipinski definition) is 1. The van der Waals surface area contributed by atoms with Gasteiger partial charge in [0.25, 0.3) is 5.69 Å². The Kier molecular flexibility index (Phi) is 4.84. The molecule has 0 aliphatic heterocycles. The highest BCUT2D eigenvalue weighted by atomic mass is 16.6. The molecule has 0 aliphatic carbocycles. The summed E-state index contributed by atoms with van der Waals surface area (Å²) in [5.41, 5.74) is 1.24. The molecule has 0 saturated carbocycles. The van der Waals surface area contributed by atoms with E-state index in [0.29, 0.717) is 24.3 Å². The summed E-state index contributed by atoms with van der Waals surface area (Å²) in [6.45, 7) is 1.93. The highest BCUT2D eigenvalue weighted by Gasteiger charge is 2.15. The maximum atomic E-state index is 10.8.